The van der Waals surface area contributed by atoms with E-state index in [4.69, 9.17) is 5.39 Å². The maximum absolute atomic E-state index is 12.5. The smallest absolute Gasteiger partial charge is 0.475 e. The molecular weight excluding hydrogens is 322 g/mol. The second-order valence-corrected chi connectivity index (χ2v) is 5.19. The summed E-state index contributed by atoms with van der Waals surface area (Å²) in [4.78, 5) is 28.7. The zero-order chi connectivity index (χ0) is 18.7. The molecule has 0 radical (unpaired) electrons. The lowest BCUT2D eigenvalue weighted by atomic mass is 10.1. The van der Waals surface area contributed by atoms with Crippen molar-refractivity contribution < 1.29 is 19.4 Å². The van der Waals surface area contributed by atoms with Crippen LogP contribution in [0.15, 0.2) is 54.1 Å². The summed E-state index contributed by atoms with van der Waals surface area (Å²) in [5, 5.41) is 18.6. The highest BCUT2D eigenvalue weighted by Gasteiger charge is 2.37. The molecule has 1 aromatic carbocycles. The Kier molecular flexibility index (Phi) is 8.44. The molecule has 0 aliphatic rings. The van der Waals surface area contributed by atoms with Crippen LogP contribution in [0.1, 0.15) is 31.7 Å². The number of carbonyl (C=O) groups is 2. The van der Waals surface area contributed by atoms with E-state index in [-0.39, 0.29) is 13.0 Å². The van der Waals surface area contributed by atoms with E-state index in [1.807, 2.05) is 25.1 Å². The Bertz CT molecular complexity index is 690. The number of amides is 2. The Labute approximate surface area is 146 Å². The van der Waals surface area contributed by atoms with E-state index >= 15 is 0 Å². The Hall–Kier alpha value is -3.14. The van der Waals surface area contributed by atoms with Gasteiger partial charge >= 0.3 is 17.5 Å². The average molecular weight is 344 g/mol. The monoisotopic (exact) mass is 344 g/mol. The van der Waals surface area contributed by atoms with Crippen LogP contribution in [0, 0.1) is 5.39 Å². The third kappa shape index (κ3) is 6.11. The molecule has 0 aliphatic heterocycles. The summed E-state index contributed by atoms with van der Waals surface area (Å²) in [6.07, 6.45) is 5.26. The number of allylic oxidation sites excluding steroid dienone is 2. The normalized spacial score (nSPS) is 11.6. The van der Waals surface area contributed by atoms with Gasteiger partial charge in [-0.3, -0.25) is 14.5 Å². The van der Waals surface area contributed by atoms with Crippen LogP contribution >= 0.6 is 0 Å². The summed E-state index contributed by atoms with van der Waals surface area (Å²) < 4.78 is 4.53. The van der Waals surface area contributed by atoms with E-state index in [2.05, 4.69) is 9.71 Å². The van der Waals surface area contributed by atoms with E-state index in [1.165, 1.54) is 0 Å². The highest BCUT2D eigenvalue weighted by atomic mass is 16.6. The molecule has 0 aliphatic carbocycles. The number of nitrogens with zero attached hydrogens (tertiary/aromatic N) is 3. The second-order valence-electron chi connectivity index (χ2n) is 5.19. The average Bonchev–Trinajstić information content (AvgIpc) is 2.64. The molecule has 7 heteroatoms. The number of carbonyl (C=O) groups excluding carboxylic acids is 2. The van der Waals surface area contributed by atoms with Gasteiger partial charge in [0.15, 0.2) is 4.98 Å². The first-order chi connectivity index (χ1) is 12.0. The lowest BCUT2D eigenvalue weighted by molar-refractivity contribution is -0.143. The van der Waals surface area contributed by atoms with Crippen LogP contribution in [-0.2, 0) is 20.9 Å². The highest BCUT2D eigenvalue weighted by molar-refractivity contribution is 6.05. The second kappa shape index (κ2) is 10.6. The number of aliphatic hydroxyl groups is 1. The van der Waals surface area contributed by atoms with Crippen molar-refractivity contribution in [3.8, 4) is 0 Å². The first-order valence-corrected chi connectivity index (χ1v) is 7.87. The molecule has 0 spiro atoms. The third-order valence-electron chi connectivity index (χ3n) is 3.43. The van der Waals surface area contributed by atoms with Crippen LogP contribution in [0.4, 0.5) is 0 Å². The molecule has 0 bridgehead atoms. The van der Waals surface area contributed by atoms with E-state index in [0.717, 1.165) is 17.6 Å². The number of benzene rings is 1. The van der Waals surface area contributed by atoms with E-state index in [1.54, 1.807) is 24.3 Å². The summed E-state index contributed by atoms with van der Waals surface area (Å²) in [6.45, 7) is 1.89. The molecule has 2 amide bonds. The molecule has 0 fully saturated rings. The zero-order valence-electron chi connectivity index (χ0n) is 14.4. The van der Waals surface area contributed by atoms with Gasteiger partial charge in [0.2, 0.25) is 11.3 Å². The van der Waals surface area contributed by atoms with Crippen molar-refractivity contribution in [2.24, 2.45) is 0 Å². The van der Waals surface area contributed by atoms with Gasteiger partial charge in [0, 0.05) is 6.42 Å². The van der Waals surface area contributed by atoms with Gasteiger partial charge in [0.05, 0.1) is 13.7 Å². The molecule has 7 nitrogen and oxygen atoms in total. The third-order valence-corrected chi connectivity index (χ3v) is 3.43. The lowest BCUT2D eigenvalue weighted by Crippen LogP contribution is -2.37. The van der Waals surface area contributed by atoms with Crippen LogP contribution in [0.25, 0.3) is 4.98 Å². The molecule has 1 N–H and O–H groups in total. The molecule has 0 atom stereocenters. The largest absolute Gasteiger partial charge is 0.528 e. The van der Waals surface area contributed by atoms with Crippen LogP contribution in [0.2, 0.25) is 0 Å². The van der Waals surface area contributed by atoms with Crippen LogP contribution in [-0.4, -0.2) is 28.9 Å². The summed E-state index contributed by atoms with van der Waals surface area (Å²) in [6, 6.07) is 8.92. The molecule has 0 aromatic heterocycles. The molecule has 0 unspecified atom stereocenters. The van der Waals surface area contributed by atoms with E-state index in [9.17, 15) is 14.7 Å². The van der Waals surface area contributed by atoms with Crippen LogP contribution < -0.4 is 0 Å². The maximum Gasteiger partial charge on any atom is 0.528 e. The number of hydrogen-bond donors (Lipinski definition) is 1. The topological polar surface area (TPSA) is 95.0 Å². The van der Waals surface area contributed by atoms with Crippen molar-refractivity contribution >= 4 is 11.8 Å². The van der Waals surface area contributed by atoms with Gasteiger partial charge < -0.3 is 9.84 Å². The minimum Gasteiger partial charge on any atom is -0.475 e. The van der Waals surface area contributed by atoms with E-state index in [0.29, 0.717) is 12.8 Å². The van der Waals surface area contributed by atoms with Crippen molar-refractivity contribution in [1.29, 1.82) is 5.39 Å². The number of imide groups is 1. The highest BCUT2D eigenvalue weighted by Crippen LogP contribution is 2.15. The van der Waals surface area contributed by atoms with Gasteiger partial charge in [-0.15, -0.1) is 0 Å². The number of hydrogen-bond acceptors (Lipinski definition) is 5. The number of rotatable bonds is 8. The number of aliphatic hydroxyl groups excluding tert-OH is 1. The Morgan fingerprint density at radius 2 is 2.00 bits per heavy atom. The Morgan fingerprint density at radius 3 is 2.56 bits per heavy atom. The molecule has 1 aromatic rings. The predicted octanol–water partition coefficient (Wildman–Crippen LogP) is 3.51. The molecule has 1 rings (SSSR count). The quantitative estimate of drug-likeness (QED) is 0.256. The molecule has 132 valence electrons. The fourth-order valence-corrected chi connectivity index (χ4v) is 2.11. The fourth-order valence-electron chi connectivity index (χ4n) is 2.11. The molecule has 0 saturated heterocycles. The predicted molar refractivity (Wildman–Crippen MR) is 92.4 cm³/mol. The zero-order valence-corrected chi connectivity index (χ0v) is 14.4. The van der Waals surface area contributed by atoms with Gasteiger partial charge in [-0.25, -0.2) is 0 Å². The number of methoxy groups -OCH3 is 1. The summed E-state index contributed by atoms with van der Waals surface area (Å²) in [7, 11) is 1.12. The number of ether oxygens (including phenoxy) is 1. The molecule has 0 heterocycles. The van der Waals surface area contributed by atoms with Gasteiger partial charge in [-0.1, -0.05) is 42.5 Å². The Morgan fingerprint density at radius 1 is 1.32 bits per heavy atom. The van der Waals surface area contributed by atoms with Gasteiger partial charge in [-0.05, 0) is 25.3 Å². The standard InChI is InChI=1S/C18H21N3O4/c1-3-4-5-9-12-15(22)21(13-14-10-7-6-8-11-14)17(23)16(20-19)18(24)25-2/h3-4,6-8,10-11H,5,9,12-13H2,1-2H3/p+1/b4-3+. The fraction of sp³-hybridized carbons (Fsp3) is 0.333. The molecule has 0 saturated carbocycles. The first kappa shape index (κ1) is 19.9. The van der Waals surface area contributed by atoms with Gasteiger partial charge in [0.25, 0.3) is 0 Å². The maximum atomic E-state index is 12.5. The van der Waals surface area contributed by atoms with Crippen molar-refractivity contribution in [1.82, 2.24) is 4.90 Å². The van der Waals surface area contributed by atoms with Crippen molar-refractivity contribution in [3.05, 3.63) is 64.7 Å². The first-order valence-electron chi connectivity index (χ1n) is 7.87. The van der Waals surface area contributed by atoms with Crippen molar-refractivity contribution in [2.75, 3.05) is 7.11 Å². The SMILES string of the molecule is C/C=C/CCCC(=O)N(Cc1ccccc1)C(=O)/C([N+]#N)=C(\O)OC. The number of diazo groups is 1. The minimum atomic E-state index is -0.929. The molecular formula is C18H22N3O4+. The van der Waals surface area contributed by atoms with Crippen LogP contribution in [0.5, 0.6) is 0 Å². The summed E-state index contributed by atoms with van der Waals surface area (Å²) in [5.41, 5.74) is 0.00656. The van der Waals surface area contributed by atoms with Crippen molar-refractivity contribution in [3.63, 3.8) is 0 Å². The van der Waals surface area contributed by atoms with E-state index < -0.39 is 23.5 Å². The van der Waals surface area contributed by atoms with Crippen LogP contribution in [0.3, 0.4) is 0 Å². The van der Waals surface area contributed by atoms with Gasteiger partial charge in [0.1, 0.15) is 0 Å². The minimum absolute atomic E-state index is 0.00185. The van der Waals surface area contributed by atoms with Crippen molar-refractivity contribution in [2.45, 2.75) is 32.7 Å². The summed E-state index contributed by atoms with van der Waals surface area (Å²) in [5.74, 6) is -2.21. The van der Waals surface area contributed by atoms with Gasteiger partial charge in [-0.2, -0.15) is 0 Å². The lowest BCUT2D eigenvalue weighted by Gasteiger charge is -2.18. The molecule has 25 heavy (non-hydrogen) atoms. The number of unbranched alkanes of at least 4 members (excludes halogenated alkanes) is 1. The summed E-state index contributed by atoms with van der Waals surface area (Å²) >= 11 is 0. The Balaban J connectivity index is 3.04.